The summed E-state index contributed by atoms with van der Waals surface area (Å²) in [6.45, 7) is 6.63. The Balaban J connectivity index is 1.74. The molecule has 3 N–H and O–H groups in total. The minimum Gasteiger partial charge on any atom is -0.476 e. The van der Waals surface area contributed by atoms with Gasteiger partial charge in [-0.3, -0.25) is 9.09 Å². The molecule has 1 saturated heterocycles. The van der Waals surface area contributed by atoms with E-state index in [1.54, 1.807) is 34.6 Å². The number of aromatic nitrogens is 4. The first kappa shape index (κ1) is 34.1. The van der Waals surface area contributed by atoms with Gasteiger partial charge in [0.25, 0.3) is 0 Å². The standard InChI is InChI=1S/C23H35FN5O13P/c1-7-34-18-15-17(27-20(25)28-18)29(9-26-15)19-23(6,32)16(24)14(42-19)8-37-43(33,38-10-35-21(30)40-12(2)3)39-11-36-22(31)41-13(4)5/h9,12-14,16,19,32H,7-8,10-11H2,1-6H3,(H2,25,27,28)/t14-,16-,19-,23-/m1/s1. The van der Waals surface area contributed by atoms with Crippen molar-refractivity contribution >= 4 is 37.2 Å². The van der Waals surface area contributed by atoms with Gasteiger partial charge in [-0.25, -0.2) is 32.6 Å². The van der Waals surface area contributed by atoms with E-state index in [0.717, 1.165) is 6.92 Å². The van der Waals surface area contributed by atoms with Gasteiger partial charge in [-0.2, -0.15) is 9.97 Å². The van der Waals surface area contributed by atoms with Crippen molar-refractivity contribution in [3.63, 3.8) is 0 Å². The van der Waals surface area contributed by atoms with Gasteiger partial charge in [0.2, 0.25) is 25.4 Å². The van der Waals surface area contributed by atoms with Crippen LogP contribution in [0.3, 0.4) is 0 Å². The van der Waals surface area contributed by atoms with Crippen LogP contribution >= 0.6 is 7.82 Å². The first-order valence-electron chi connectivity index (χ1n) is 13.0. The number of hydrogen-bond donors (Lipinski definition) is 2. The highest BCUT2D eigenvalue weighted by atomic mass is 31.2. The van der Waals surface area contributed by atoms with Crippen molar-refractivity contribution in [1.29, 1.82) is 0 Å². The number of rotatable bonds is 14. The van der Waals surface area contributed by atoms with Crippen LogP contribution in [0, 0.1) is 0 Å². The lowest BCUT2D eigenvalue weighted by molar-refractivity contribution is -0.0909. The van der Waals surface area contributed by atoms with Crippen LogP contribution in [-0.2, 0) is 41.8 Å². The maximum atomic E-state index is 15.5. The number of ether oxygens (including phenoxy) is 6. The fourth-order valence-corrected chi connectivity index (χ4v) is 4.60. The highest BCUT2D eigenvalue weighted by Crippen LogP contribution is 2.51. The Morgan fingerprint density at radius 2 is 1.70 bits per heavy atom. The minimum atomic E-state index is -4.73. The van der Waals surface area contributed by atoms with Gasteiger partial charge in [0.05, 0.1) is 31.7 Å². The molecule has 0 saturated carbocycles. The molecule has 2 aromatic heterocycles. The van der Waals surface area contributed by atoms with Crippen molar-refractivity contribution in [3.8, 4) is 5.88 Å². The number of aliphatic hydroxyl groups is 1. The van der Waals surface area contributed by atoms with E-state index in [1.807, 2.05) is 0 Å². The minimum absolute atomic E-state index is 0.0762. The number of carbonyl (C=O) groups excluding carboxylic acids is 2. The third-order valence-corrected chi connectivity index (χ3v) is 6.77. The molecule has 2 aromatic rings. The molecule has 18 nitrogen and oxygen atoms in total. The number of anilines is 1. The van der Waals surface area contributed by atoms with E-state index < -0.39 is 76.6 Å². The average molecular weight is 640 g/mol. The summed E-state index contributed by atoms with van der Waals surface area (Å²) in [5, 5.41) is 11.1. The summed E-state index contributed by atoms with van der Waals surface area (Å²) >= 11 is 0. The number of nitrogens with zero attached hydrogens (tertiary/aromatic N) is 4. The van der Waals surface area contributed by atoms with Crippen molar-refractivity contribution < 1.29 is 65.6 Å². The van der Waals surface area contributed by atoms with Gasteiger partial charge in [-0.15, -0.1) is 0 Å². The zero-order chi connectivity index (χ0) is 31.9. The van der Waals surface area contributed by atoms with Gasteiger partial charge in [0, 0.05) is 0 Å². The van der Waals surface area contributed by atoms with Crippen molar-refractivity contribution in [3.05, 3.63) is 6.33 Å². The smallest absolute Gasteiger partial charge is 0.476 e. The molecule has 0 radical (unpaired) electrons. The number of nitrogens with two attached hydrogens (primary N) is 1. The summed E-state index contributed by atoms with van der Waals surface area (Å²) in [5.41, 5.74) is 3.87. The lowest BCUT2D eigenvalue weighted by Crippen LogP contribution is -2.41. The van der Waals surface area contributed by atoms with Crippen LogP contribution in [0.2, 0.25) is 0 Å². The predicted molar refractivity (Wildman–Crippen MR) is 141 cm³/mol. The number of phosphoric acid groups is 1. The van der Waals surface area contributed by atoms with Gasteiger partial charge in [0.15, 0.2) is 23.6 Å². The maximum absolute atomic E-state index is 15.5. The first-order valence-corrected chi connectivity index (χ1v) is 14.5. The zero-order valence-electron chi connectivity index (χ0n) is 24.3. The van der Waals surface area contributed by atoms with E-state index in [4.69, 9.17) is 38.3 Å². The molecule has 3 rings (SSSR count). The fourth-order valence-electron chi connectivity index (χ4n) is 3.68. The second kappa shape index (κ2) is 14.4. The molecule has 20 heteroatoms. The molecule has 242 valence electrons. The normalized spacial score (nSPS) is 22.2. The third kappa shape index (κ3) is 8.84. The number of imidazole rings is 1. The molecule has 1 aliphatic rings. The molecule has 1 aliphatic heterocycles. The number of fused-ring (bicyclic) bond motifs is 1. The fraction of sp³-hybridized carbons (Fsp3) is 0.696. The summed E-state index contributed by atoms with van der Waals surface area (Å²) in [6, 6.07) is 0. The number of nitrogen functional groups attached to an aromatic ring is 1. The second-order valence-electron chi connectivity index (χ2n) is 9.66. The zero-order valence-corrected chi connectivity index (χ0v) is 25.2. The molecule has 0 aromatic carbocycles. The van der Waals surface area contributed by atoms with Crippen molar-refractivity contribution in [2.45, 2.75) is 77.9 Å². The lowest BCUT2D eigenvalue weighted by atomic mass is 9.98. The van der Waals surface area contributed by atoms with Crippen LogP contribution in [0.5, 0.6) is 5.88 Å². The number of halogens is 1. The molecule has 0 aliphatic carbocycles. The van der Waals surface area contributed by atoms with E-state index in [2.05, 4.69) is 24.4 Å². The molecule has 3 heterocycles. The molecule has 0 spiro atoms. The summed E-state index contributed by atoms with van der Waals surface area (Å²) in [6.07, 6.45) is -7.20. The number of alkyl halides is 1. The quantitative estimate of drug-likeness (QED) is 0.172. The van der Waals surface area contributed by atoms with Gasteiger partial charge >= 0.3 is 20.1 Å². The van der Waals surface area contributed by atoms with Crippen molar-refractivity contribution in [1.82, 2.24) is 19.5 Å². The van der Waals surface area contributed by atoms with Crippen molar-refractivity contribution in [2.75, 3.05) is 32.5 Å². The third-order valence-electron chi connectivity index (χ3n) is 5.46. The van der Waals surface area contributed by atoms with Crippen LogP contribution in [-0.4, -0.2) is 93.8 Å². The number of phosphoric ester groups is 1. The van der Waals surface area contributed by atoms with Gasteiger partial charge in [0.1, 0.15) is 11.7 Å². The van der Waals surface area contributed by atoms with E-state index >= 15 is 4.39 Å². The molecule has 0 unspecified atom stereocenters. The van der Waals surface area contributed by atoms with E-state index in [0.29, 0.717) is 0 Å². The Morgan fingerprint density at radius 3 is 2.23 bits per heavy atom. The first-order chi connectivity index (χ1) is 20.2. The molecule has 43 heavy (non-hydrogen) atoms. The largest absolute Gasteiger partial charge is 0.510 e. The van der Waals surface area contributed by atoms with Crippen LogP contribution in [0.4, 0.5) is 19.9 Å². The van der Waals surface area contributed by atoms with E-state index in [1.165, 1.54) is 10.9 Å². The molecule has 0 amide bonds. The summed E-state index contributed by atoms with van der Waals surface area (Å²) in [5.74, 6) is -0.0893. The molecular weight excluding hydrogens is 604 g/mol. The second-order valence-corrected chi connectivity index (χ2v) is 11.3. The Kier molecular flexibility index (Phi) is 11.4. The molecular formula is C23H35FN5O13P. The monoisotopic (exact) mass is 639 g/mol. The molecule has 1 fully saturated rings. The Bertz CT molecular complexity index is 1280. The Morgan fingerprint density at radius 1 is 1.12 bits per heavy atom. The van der Waals surface area contributed by atoms with Crippen molar-refractivity contribution in [2.24, 2.45) is 0 Å². The molecule has 4 atom stereocenters. The van der Waals surface area contributed by atoms with Crippen LogP contribution in [0.25, 0.3) is 11.2 Å². The summed E-state index contributed by atoms with van der Waals surface area (Å²) in [4.78, 5) is 35.5. The average Bonchev–Trinajstić information content (AvgIpc) is 3.40. The summed E-state index contributed by atoms with van der Waals surface area (Å²) in [7, 11) is -4.73. The highest BCUT2D eigenvalue weighted by Gasteiger charge is 2.55. The van der Waals surface area contributed by atoms with Crippen LogP contribution in [0.15, 0.2) is 6.33 Å². The SMILES string of the molecule is CCOc1nc(N)nc2c1ncn2[C@@H]1O[C@H](COP(=O)(OCOC(=O)OC(C)C)OCOC(=O)OC(C)C)[C@@H](F)[C@@]1(C)O. The van der Waals surface area contributed by atoms with E-state index in [9.17, 15) is 19.3 Å². The van der Waals surface area contributed by atoms with E-state index in [-0.39, 0.29) is 29.6 Å². The van der Waals surface area contributed by atoms with Gasteiger partial charge < -0.3 is 39.3 Å². The summed E-state index contributed by atoms with van der Waals surface area (Å²) < 4.78 is 75.1. The number of hydrogen-bond acceptors (Lipinski definition) is 17. The predicted octanol–water partition coefficient (Wildman–Crippen LogP) is 2.99. The Hall–Kier alpha value is -3.35. The lowest BCUT2D eigenvalue weighted by Gasteiger charge is -2.26. The van der Waals surface area contributed by atoms with Crippen LogP contribution in [0.1, 0.15) is 47.8 Å². The number of carbonyl (C=O) groups is 2. The van der Waals surface area contributed by atoms with Gasteiger partial charge in [-0.1, -0.05) is 0 Å². The molecule has 0 bridgehead atoms. The maximum Gasteiger partial charge on any atom is 0.510 e. The topological polar surface area (TPSA) is 224 Å². The van der Waals surface area contributed by atoms with Gasteiger partial charge in [-0.05, 0) is 41.5 Å². The highest BCUT2D eigenvalue weighted by molar-refractivity contribution is 7.48. The van der Waals surface area contributed by atoms with Crippen LogP contribution < -0.4 is 10.5 Å². The Labute approximate surface area is 245 Å².